The van der Waals surface area contributed by atoms with Crippen molar-refractivity contribution in [2.24, 2.45) is 0 Å². The van der Waals surface area contributed by atoms with Gasteiger partial charge < -0.3 is 10.3 Å². The lowest BCUT2D eigenvalue weighted by atomic mass is 10.1. The van der Waals surface area contributed by atoms with Crippen LogP contribution in [0.2, 0.25) is 0 Å². The Morgan fingerprint density at radius 1 is 1.07 bits per heavy atom. The Morgan fingerprint density at radius 3 is 2.61 bits per heavy atom. The number of Topliss-reactive ketones (excluding diaryl/α,β-unsaturated/α-hetero) is 1. The number of carbonyl (C=O) groups excluding carboxylic acids is 1. The Balaban J connectivity index is 1.46. The van der Waals surface area contributed by atoms with Crippen molar-refractivity contribution in [2.75, 3.05) is 11.1 Å². The van der Waals surface area contributed by atoms with Crippen molar-refractivity contribution in [3.8, 4) is 0 Å². The molecule has 0 saturated carbocycles. The Morgan fingerprint density at radius 2 is 1.82 bits per heavy atom. The Labute approximate surface area is 171 Å². The number of thioether (sulfide) groups is 1. The molecule has 2 aromatic heterocycles. The maximum Gasteiger partial charge on any atom is 0.210 e. The van der Waals surface area contributed by atoms with Crippen LogP contribution in [0, 0.1) is 20.8 Å². The molecule has 28 heavy (non-hydrogen) atoms. The largest absolute Gasteiger partial charge is 0.358 e. The number of nitrogens with zero attached hydrogens (tertiary/aromatic N) is 2. The summed E-state index contributed by atoms with van der Waals surface area (Å²) < 4.78 is 0.777. The molecule has 0 atom stereocenters. The van der Waals surface area contributed by atoms with Gasteiger partial charge in [-0.2, -0.15) is 0 Å². The molecule has 0 bridgehead atoms. The van der Waals surface area contributed by atoms with Crippen LogP contribution in [0.15, 0.2) is 46.8 Å². The number of ketones is 1. The number of benzene rings is 2. The van der Waals surface area contributed by atoms with Gasteiger partial charge in [-0.3, -0.25) is 4.79 Å². The minimum atomic E-state index is 0.0967. The highest BCUT2D eigenvalue weighted by atomic mass is 32.2. The minimum Gasteiger partial charge on any atom is -0.358 e. The molecule has 142 valence electrons. The molecule has 4 rings (SSSR count). The van der Waals surface area contributed by atoms with Crippen molar-refractivity contribution in [1.29, 1.82) is 0 Å². The monoisotopic (exact) mass is 408 g/mol. The van der Waals surface area contributed by atoms with Crippen molar-refractivity contribution in [1.82, 2.24) is 15.2 Å². The van der Waals surface area contributed by atoms with Gasteiger partial charge in [0.2, 0.25) is 5.13 Å². The van der Waals surface area contributed by atoms with Crippen LogP contribution in [0.3, 0.4) is 0 Å². The number of nitrogens with one attached hydrogen (secondary N) is 2. The molecule has 0 unspecified atom stereocenters. The van der Waals surface area contributed by atoms with Crippen LogP contribution in [0.1, 0.15) is 27.2 Å². The number of carbonyl (C=O) groups is 1. The predicted molar refractivity (Wildman–Crippen MR) is 117 cm³/mol. The molecule has 2 aromatic carbocycles. The van der Waals surface area contributed by atoms with Gasteiger partial charge in [0.1, 0.15) is 0 Å². The molecule has 4 aromatic rings. The number of fused-ring (bicyclic) bond motifs is 1. The van der Waals surface area contributed by atoms with E-state index in [1.165, 1.54) is 23.1 Å². The summed E-state index contributed by atoms with van der Waals surface area (Å²) in [4.78, 5) is 16.1. The maximum atomic E-state index is 12.8. The molecule has 2 heterocycles. The lowest BCUT2D eigenvalue weighted by Gasteiger charge is -2.09. The zero-order chi connectivity index (χ0) is 19.7. The van der Waals surface area contributed by atoms with Gasteiger partial charge in [-0.1, -0.05) is 59.5 Å². The van der Waals surface area contributed by atoms with Crippen molar-refractivity contribution in [3.63, 3.8) is 0 Å². The standard InChI is InChI=1S/C21H20N4OS2/c1-12-7-6-8-13(2)19(12)23-20-24-25-21(28-20)27-11-17(26)18-14(3)22-16-10-5-4-9-15(16)18/h4-10,22H,11H2,1-3H3,(H,23,24). The van der Waals surface area contributed by atoms with Crippen molar-refractivity contribution in [3.05, 3.63) is 64.8 Å². The van der Waals surface area contributed by atoms with Crippen LogP contribution in [0.4, 0.5) is 10.8 Å². The number of aromatic nitrogens is 3. The highest BCUT2D eigenvalue weighted by Crippen LogP contribution is 2.31. The zero-order valence-electron chi connectivity index (χ0n) is 15.9. The van der Waals surface area contributed by atoms with Crippen molar-refractivity contribution < 1.29 is 4.79 Å². The van der Waals surface area contributed by atoms with E-state index in [0.29, 0.717) is 5.75 Å². The van der Waals surface area contributed by atoms with Crippen molar-refractivity contribution in [2.45, 2.75) is 25.1 Å². The number of H-pyrrole nitrogens is 1. The Bertz CT molecular complexity index is 1140. The average molecular weight is 409 g/mol. The summed E-state index contributed by atoms with van der Waals surface area (Å²) in [6.45, 7) is 6.07. The van der Waals surface area contributed by atoms with E-state index >= 15 is 0 Å². The molecular formula is C21H20N4OS2. The summed E-state index contributed by atoms with van der Waals surface area (Å²) in [5, 5.41) is 13.5. The first kappa shape index (κ1) is 18.7. The van der Waals surface area contributed by atoms with Crippen LogP contribution in [-0.2, 0) is 0 Å². The van der Waals surface area contributed by atoms with Gasteiger partial charge >= 0.3 is 0 Å². The second-order valence-electron chi connectivity index (χ2n) is 6.65. The quantitative estimate of drug-likeness (QED) is 0.318. The molecule has 0 aliphatic carbocycles. The minimum absolute atomic E-state index is 0.0967. The number of aryl methyl sites for hydroxylation is 3. The molecule has 0 aliphatic heterocycles. The molecule has 0 radical (unpaired) electrons. The zero-order valence-corrected chi connectivity index (χ0v) is 17.5. The van der Waals surface area contributed by atoms with Gasteiger partial charge in [0.25, 0.3) is 0 Å². The number of hydrogen-bond acceptors (Lipinski definition) is 6. The molecule has 0 spiro atoms. The highest BCUT2D eigenvalue weighted by Gasteiger charge is 2.17. The number of hydrogen-bond donors (Lipinski definition) is 2. The average Bonchev–Trinajstić information content (AvgIpc) is 3.26. The lowest BCUT2D eigenvalue weighted by Crippen LogP contribution is -2.03. The van der Waals surface area contributed by atoms with Gasteiger partial charge in [0.15, 0.2) is 10.1 Å². The Hall–Kier alpha value is -2.64. The molecule has 2 N–H and O–H groups in total. The molecular weight excluding hydrogens is 388 g/mol. The number of anilines is 2. The molecule has 0 fully saturated rings. The molecule has 0 amide bonds. The molecule has 5 nitrogen and oxygen atoms in total. The van der Waals surface area contributed by atoms with Gasteiger partial charge in [-0.05, 0) is 38.0 Å². The van der Waals surface area contributed by atoms with E-state index in [1.54, 1.807) is 0 Å². The first-order valence-corrected chi connectivity index (χ1v) is 10.7. The third-order valence-electron chi connectivity index (χ3n) is 4.62. The second kappa shape index (κ2) is 7.77. The van der Waals surface area contributed by atoms with Gasteiger partial charge in [0.05, 0.1) is 5.75 Å². The number of rotatable bonds is 6. The van der Waals surface area contributed by atoms with Gasteiger partial charge in [-0.25, -0.2) is 0 Å². The molecule has 7 heteroatoms. The summed E-state index contributed by atoms with van der Waals surface area (Å²) in [5.41, 5.74) is 6.04. The third kappa shape index (κ3) is 3.68. The van der Waals surface area contributed by atoms with E-state index in [9.17, 15) is 4.79 Å². The first-order chi connectivity index (χ1) is 13.5. The van der Waals surface area contributed by atoms with Crippen LogP contribution in [0.25, 0.3) is 10.9 Å². The van der Waals surface area contributed by atoms with E-state index < -0.39 is 0 Å². The third-order valence-corrected chi connectivity index (χ3v) is 6.59. The summed E-state index contributed by atoms with van der Waals surface area (Å²) >= 11 is 2.89. The molecule has 0 saturated heterocycles. The van der Waals surface area contributed by atoms with E-state index in [-0.39, 0.29) is 5.78 Å². The van der Waals surface area contributed by atoms with Crippen molar-refractivity contribution >= 4 is 50.6 Å². The van der Waals surface area contributed by atoms with Crippen LogP contribution < -0.4 is 5.32 Å². The maximum absolute atomic E-state index is 12.8. The highest BCUT2D eigenvalue weighted by molar-refractivity contribution is 8.01. The SMILES string of the molecule is Cc1cccc(C)c1Nc1nnc(SCC(=O)c2c(C)[nH]c3ccccc23)s1. The number of aromatic amines is 1. The first-order valence-electron chi connectivity index (χ1n) is 8.93. The van der Waals surface area contributed by atoms with Gasteiger partial charge in [-0.15, -0.1) is 10.2 Å². The topological polar surface area (TPSA) is 70.7 Å². The Kier molecular flexibility index (Phi) is 5.19. The number of para-hydroxylation sites is 2. The van der Waals surface area contributed by atoms with Crippen LogP contribution in [0.5, 0.6) is 0 Å². The predicted octanol–water partition coefficient (Wildman–Crippen LogP) is 5.66. The fourth-order valence-corrected chi connectivity index (χ4v) is 4.90. The lowest BCUT2D eigenvalue weighted by molar-refractivity contribution is 0.102. The van der Waals surface area contributed by atoms with Crippen LogP contribution in [-0.4, -0.2) is 26.7 Å². The smallest absolute Gasteiger partial charge is 0.210 e. The summed E-state index contributed by atoms with van der Waals surface area (Å²) in [6.07, 6.45) is 0. The summed E-state index contributed by atoms with van der Waals surface area (Å²) in [5.74, 6) is 0.431. The van der Waals surface area contributed by atoms with Crippen LogP contribution >= 0.6 is 23.1 Å². The van der Waals surface area contributed by atoms with E-state index in [2.05, 4.69) is 46.5 Å². The fraction of sp³-hybridized carbons (Fsp3) is 0.190. The molecule has 0 aliphatic rings. The second-order valence-corrected chi connectivity index (χ2v) is 8.85. The van der Waals surface area contributed by atoms with E-state index in [4.69, 9.17) is 0 Å². The normalized spacial score (nSPS) is 11.1. The summed E-state index contributed by atoms with van der Waals surface area (Å²) in [6, 6.07) is 14.1. The van der Waals surface area contributed by atoms with E-state index in [1.807, 2.05) is 37.3 Å². The van der Waals surface area contributed by atoms with Gasteiger partial charge in [0, 0.05) is 27.8 Å². The van der Waals surface area contributed by atoms with E-state index in [0.717, 1.165) is 48.4 Å². The summed E-state index contributed by atoms with van der Waals surface area (Å²) in [7, 11) is 0. The fourth-order valence-electron chi connectivity index (χ4n) is 3.27.